The van der Waals surface area contributed by atoms with Crippen LogP contribution in [-0.4, -0.2) is 4.57 Å². The van der Waals surface area contributed by atoms with Crippen LogP contribution in [0.4, 0.5) is 0 Å². The molecule has 0 fully saturated rings. The highest BCUT2D eigenvalue weighted by Crippen LogP contribution is 2.53. The predicted molar refractivity (Wildman–Crippen MR) is 215 cm³/mol. The lowest BCUT2D eigenvalue weighted by molar-refractivity contribution is 0.377. The molecule has 254 valence electrons. The van der Waals surface area contributed by atoms with Crippen LogP contribution in [0.2, 0.25) is 0 Å². The van der Waals surface area contributed by atoms with Gasteiger partial charge in [0.15, 0.2) is 0 Å². The summed E-state index contributed by atoms with van der Waals surface area (Å²) >= 11 is 0. The van der Waals surface area contributed by atoms with Gasteiger partial charge in [-0.15, -0.1) is 0 Å². The maximum Gasteiger partial charge on any atom is 0.0500 e. The molecule has 10 rings (SSSR count). The van der Waals surface area contributed by atoms with Crippen LogP contribution in [0.15, 0.2) is 149 Å². The molecule has 0 amide bonds. The molecule has 0 saturated heterocycles. The summed E-state index contributed by atoms with van der Waals surface area (Å²) in [7, 11) is 0. The molecule has 7 aliphatic carbocycles. The molecular formula is C50H49N. The van der Waals surface area contributed by atoms with E-state index in [1.807, 2.05) is 0 Å². The highest BCUT2D eigenvalue weighted by atomic mass is 15.0. The van der Waals surface area contributed by atoms with E-state index in [0.29, 0.717) is 11.8 Å². The number of nitrogens with zero attached hydrogens (tertiary/aromatic N) is 1. The summed E-state index contributed by atoms with van der Waals surface area (Å²) in [5.74, 6) is 2.19. The molecule has 0 aliphatic heterocycles. The Morgan fingerprint density at radius 1 is 0.647 bits per heavy atom. The second kappa shape index (κ2) is 13.2. The van der Waals surface area contributed by atoms with Gasteiger partial charge in [0.05, 0.1) is 5.69 Å². The zero-order valence-corrected chi connectivity index (χ0v) is 29.9. The Bertz CT molecular complexity index is 2160. The first-order valence-electron chi connectivity index (χ1n) is 20.0. The number of fused-ring (bicyclic) bond motifs is 6. The van der Waals surface area contributed by atoms with Crippen LogP contribution in [0.25, 0.3) is 29.0 Å². The Hall–Kier alpha value is -4.62. The monoisotopic (exact) mass is 663 g/mol. The van der Waals surface area contributed by atoms with Gasteiger partial charge in [-0.2, -0.15) is 0 Å². The standard InChI is InChI=1S/C50H49N/c1-3-14-34(15-4-1)36-18-11-19-37(30-36)38-20-12-22-40(31-38)46-33-41-28-29-48-50(49(41)44-25-8-7-24-43(44)46)45-26-9-10-27-47(45)51(48)42-23-13-21-39(32-42)35-16-5-2-6-17-35/h2-3,5-6,8-9,13-14,16-17,21-23,25-26,28-34,36,41,49H,1,4,7,10-12,15,18-20,24,27H2. The van der Waals surface area contributed by atoms with E-state index in [9.17, 15) is 0 Å². The molecule has 1 heteroatoms. The van der Waals surface area contributed by atoms with Crippen molar-refractivity contribution in [3.8, 4) is 16.8 Å². The van der Waals surface area contributed by atoms with Gasteiger partial charge in [-0.1, -0.05) is 109 Å². The lowest BCUT2D eigenvalue weighted by Crippen LogP contribution is -2.23. The zero-order chi connectivity index (χ0) is 33.7. The molecule has 0 saturated carbocycles. The molecule has 1 heterocycles. The van der Waals surface area contributed by atoms with Crippen LogP contribution in [0.1, 0.15) is 99.1 Å². The fraction of sp³-hybridized carbons (Fsp3) is 0.320. The van der Waals surface area contributed by atoms with E-state index < -0.39 is 0 Å². The first-order chi connectivity index (χ1) is 25.3. The summed E-state index contributed by atoms with van der Waals surface area (Å²) < 4.78 is 2.60. The topological polar surface area (TPSA) is 4.93 Å². The molecular weight excluding hydrogens is 615 g/mol. The third-order valence-electron chi connectivity index (χ3n) is 12.9. The van der Waals surface area contributed by atoms with Crippen molar-refractivity contribution in [3.63, 3.8) is 0 Å². The SMILES string of the molecule is C1=CC(C2C=C(C3=CC(C4=CC5C=Cc6c(c7c(n6-c6cccc(-c8ccccc8)c6)CCC=C7)C5C5=C4CCC=C5)=CCC3)CCC2)CCC1. The third-order valence-corrected chi connectivity index (χ3v) is 12.9. The number of benzene rings is 2. The van der Waals surface area contributed by atoms with Gasteiger partial charge >= 0.3 is 0 Å². The molecule has 0 bridgehead atoms. The predicted octanol–water partition coefficient (Wildman–Crippen LogP) is 13.1. The molecule has 1 nitrogen and oxygen atoms in total. The maximum absolute atomic E-state index is 2.71. The Kier molecular flexibility index (Phi) is 8.04. The van der Waals surface area contributed by atoms with Crippen molar-refractivity contribution in [1.29, 1.82) is 0 Å². The van der Waals surface area contributed by atoms with Gasteiger partial charge in [0, 0.05) is 23.2 Å². The third kappa shape index (κ3) is 5.52. The molecule has 2 aromatic carbocycles. The van der Waals surface area contributed by atoms with E-state index >= 15 is 0 Å². The van der Waals surface area contributed by atoms with E-state index in [-0.39, 0.29) is 0 Å². The zero-order valence-electron chi connectivity index (χ0n) is 29.9. The quantitative estimate of drug-likeness (QED) is 0.239. The molecule has 7 aliphatic rings. The number of allylic oxidation sites excluding steroid dienone is 16. The van der Waals surface area contributed by atoms with Crippen LogP contribution in [0, 0.1) is 17.8 Å². The highest BCUT2D eigenvalue weighted by molar-refractivity contribution is 5.77. The van der Waals surface area contributed by atoms with Gasteiger partial charge in [0.1, 0.15) is 0 Å². The van der Waals surface area contributed by atoms with Crippen molar-refractivity contribution in [3.05, 3.63) is 171 Å². The summed E-state index contributed by atoms with van der Waals surface area (Å²) in [6, 6.07) is 20.0. The molecule has 4 unspecified atom stereocenters. The van der Waals surface area contributed by atoms with Crippen molar-refractivity contribution >= 4 is 12.2 Å². The summed E-state index contributed by atoms with van der Waals surface area (Å²) in [6.07, 6.45) is 45.1. The maximum atomic E-state index is 2.71. The number of hydrogen-bond acceptors (Lipinski definition) is 0. The number of rotatable bonds is 5. The number of aromatic nitrogens is 1. The Morgan fingerprint density at radius 2 is 1.53 bits per heavy atom. The average Bonchev–Trinajstić information content (AvgIpc) is 3.56. The lowest BCUT2D eigenvalue weighted by atomic mass is 9.66. The van der Waals surface area contributed by atoms with Crippen molar-refractivity contribution in [2.75, 3.05) is 0 Å². The second-order valence-corrected chi connectivity index (χ2v) is 15.9. The largest absolute Gasteiger partial charge is 0.313 e. The first kappa shape index (κ1) is 31.1. The van der Waals surface area contributed by atoms with E-state index in [0.717, 1.165) is 43.9 Å². The Morgan fingerprint density at radius 3 is 2.45 bits per heavy atom. The van der Waals surface area contributed by atoms with Crippen LogP contribution < -0.4 is 0 Å². The first-order valence-corrected chi connectivity index (χ1v) is 20.0. The van der Waals surface area contributed by atoms with Gasteiger partial charge in [0.2, 0.25) is 0 Å². The number of hydrogen-bond donors (Lipinski definition) is 0. The molecule has 1 aromatic heterocycles. The molecule has 4 atom stereocenters. The van der Waals surface area contributed by atoms with Gasteiger partial charge in [0.25, 0.3) is 0 Å². The Balaban J connectivity index is 1.04. The van der Waals surface area contributed by atoms with Crippen molar-refractivity contribution < 1.29 is 0 Å². The lowest BCUT2D eigenvalue weighted by Gasteiger charge is -2.37. The van der Waals surface area contributed by atoms with Crippen molar-refractivity contribution in [1.82, 2.24) is 4.57 Å². The van der Waals surface area contributed by atoms with Crippen LogP contribution in [0.3, 0.4) is 0 Å². The van der Waals surface area contributed by atoms with Gasteiger partial charge in [-0.3, -0.25) is 0 Å². The van der Waals surface area contributed by atoms with Crippen molar-refractivity contribution in [2.45, 2.75) is 83.0 Å². The van der Waals surface area contributed by atoms with E-state index in [1.165, 1.54) is 95.4 Å². The van der Waals surface area contributed by atoms with Gasteiger partial charge in [-0.05, 0) is 163 Å². The molecule has 0 spiro atoms. The highest BCUT2D eigenvalue weighted by Gasteiger charge is 2.39. The molecule has 51 heavy (non-hydrogen) atoms. The van der Waals surface area contributed by atoms with E-state index in [1.54, 1.807) is 22.3 Å². The van der Waals surface area contributed by atoms with E-state index in [2.05, 4.69) is 132 Å². The van der Waals surface area contributed by atoms with Crippen molar-refractivity contribution in [2.24, 2.45) is 17.8 Å². The van der Waals surface area contributed by atoms with E-state index in [4.69, 9.17) is 0 Å². The van der Waals surface area contributed by atoms with Crippen LogP contribution >= 0.6 is 0 Å². The Labute approximate surface area is 304 Å². The molecule has 3 aromatic rings. The fourth-order valence-corrected chi connectivity index (χ4v) is 10.5. The second-order valence-electron chi connectivity index (χ2n) is 15.9. The normalized spacial score (nSPS) is 26.4. The smallest absolute Gasteiger partial charge is 0.0500 e. The fourth-order valence-electron chi connectivity index (χ4n) is 10.5. The summed E-state index contributed by atoms with van der Waals surface area (Å²) in [6.45, 7) is 0. The minimum absolute atomic E-state index is 0.355. The molecule has 0 N–H and O–H groups in total. The van der Waals surface area contributed by atoms with Gasteiger partial charge in [-0.25, -0.2) is 0 Å². The van der Waals surface area contributed by atoms with Gasteiger partial charge < -0.3 is 4.57 Å². The summed E-state index contributed by atoms with van der Waals surface area (Å²) in [4.78, 5) is 0. The average molecular weight is 664 g/mol. The summed E-state index contributed by atoms with van der Waals surface area (Å²) in [5.41, 5.74) is 19.1. The van der Waals surface area contributed by atoms with Crippen LogP contribution in [0.5, 0.6) is 0 Å². The minimum Gasteiger partial charge on any atom is -0.313 e. The van der Waals surface area contributed by atoms with Crippen LogP contribution in [-0.2, 0) is 6.42 Å². The summed E-state index contributed by atoms with van der Waals surface area (Å²) in [5, 5.41) is 0. The minimum atomic E-state index is 0.355. The molecule has 0 radical (unpaired) electrons.